The Morgan fingerprint density at radius 3 is 2.44 bits per heavy atom. The maximum Gasteiger partial charge on any atom is 0.0772 e. The molecule has 18 heavy (non-hydrogen) atoms. The Morgan fingerprint density at radius 2 is 2.06 bits per heavy atom. The standard InChI is InChI=1S/C13H23N3OS/c1-8-11(18-16-15-8)10(14-6)9-7-12(2,3)17-13(9,4)5/h9-10,14H,7H2,1-6H3. The molecule has 102 valence electrons. The lowest BCUT2D eigenvalue weighted by Crippen LogP contribution is -2.37. The van der Waals surface area contributed by atoms with E-state index in [4.69, 9.17) is 4.74 Å². The lowest BCUT2D eigenvalue weighted by atomic mass is 9.81. The molecule has 0 aliphatic carbocycles. The smallest absolute Gasteiger partial charge is 0.0772 e. The van der Waals surface area contributed by atoms with Crippen molar-refractivity contribution in [3.8, 4) is 0 Å². The maximum atomic E-state index is 6.19. The molecule has 0 spiro atoms. The number of rotatable bonds is 3. The van der Waals surface area contributed by atoms with Gasteiger partial charge in [-0.15, -0.1) is 5.10 Å². The van der Waals surface area contributed by atoms with Gasteiger partial charge in [0.05, 0.1) is 27.8 Å². The number of nitrogens with zero attached hydrogens (tertiary/aromatic N) is 2. The summed E-state index contributed by atoms with van der Waals surface area (Å²) in [6.07, 6.45) is 1.04. The van der Waals surface area contributed by atoms with E-state index >= 15 is 0 Å². The van der Waals surface area contributed by atoms with Crippen LogP contribution in [0.15, 0.2) is 0 Å². The van der Waals surface area contributed by atoms with Crippen LogP contribution < -0.4 is 5.32 Å². The van der Waals surface area contributed by atoms with Crippen LogP contribution in [0, 0.1) is 12.8 Å². The first-order valence-corrected chi connectivity index (χ1v) is 7.20. The zero-order chi connectivity index (χ0) is 13.6. The second-order valence-corrected chi connectivity index (χ2v) is 7.05. The SMILES string of the molecule is CNC(c1snnc1C)C1CC(C)(C)OC1(C)C. The molecule has 1 saturated heterocycles. The molecule has 0 radical (unpaired) electrons. The molecular weight excluding hydrogens is 246 g/mol. The van der Waals surface area contributed by atoms with E-state index in [1.54, 1.807) is 0 Å². The van der Waals surface area contributed by atoms with E-state index in [-0.39, 0.29) is 17.2 Å². The van der Waals surface area contributed by atoms with Crippen LogP contribution >= 0.6 is 11.5 Å². The topological polar surface area (TPSA) is 47.0 Å². The minimum Gasteiger partial charge on any atom is -0.369 e. The van der Waals surface area contributed by atoms with E-state index in [1.165, 1.54) is 16.4 Å². The van der Waals surface area contributed by atoms with Gasteiger partial charge in [-0.1, -0.05) is 4.49 Å². The molecule has 2 heterocycles. The summed E-state index contributed by atoms with van der Waals surface area (Å²) in [5.74, 6) is 0.429. The van der Waals surface area contributed by atoms with Crippen LogP contribution in [0.3, 0.4) is 0 Å². The summed E-state index contributed by atoms with van der Waals surface area (Å²) in [5, 5.41) is 7.56. The average molecular weight is 269 g/mol. The van der Waals surface area contributed by atoms with Crippen molar-refractivity contribution in [1.82, 2.24) is 14.9 Å². The van der Waals surface area contributed by atoms with Crippen LogP contribution in [-0.4, -0.2) is 27.8 Å². The van der Waals surface area contributed by atoms with Gasteiger partial charge in [-0.2, -0.15) is 0 Å². The summed E-state index contributed by atoms with van der Waals surface area (Å²) in [4.78, 5) is 1.23. The lowest BCUT2D eigenvalue weighted by molar-refractivity contribution is -0.0775. The fourth-order valence-corrected chi connectivity index (χ4v) is 3.98. The van der Waals surface area contributed by atoms with E-state index in [1.807, 2.05) is 14.0 Å². The fourth-order valence-electron chi connectivity index (χ4n) is 3.16. The first kappa shape index (κ1) is 13.9. The minimum atomic E-state index is -0.131. The largest absolute Gasteiger partial charge is 0.369 e. The Kier molecular flexibility index (Phi) is 3.51. The predicted octanol–water partition coefficient (Wildman–Crippen LogP) is 2.70. The van der Waals surface area contributed by atoms with Crippen molar-refractivity contribution < 1.29 is 4.74 Å². The Hall–Kier alpha value is -0.520. The minimum absolute atomic E-state index is 0.0602. The summed E-state index contributed by atoms with van der Waals surface area (Å²) < 4.78 is 10.3. The summed E-state index contributed by atoms with van der Waals surface area (Å²) in [6.45, 7) is 10.7. The average Bonchev–Trinajstić information content (AvgIpc) is 2.71. The number of nitrogens with one attached hydrogen (secondary N) is 1. The van der Waals surface area contributed by atoms with Crippen LogP contribution in [0.5, 0.6) is 0 Å². The van der Waals surface area contributed by atoms with Crippen LogP contribution in [0.25, 0.3) is 0 Å². The van der Waals surface area contributed by atoms with E-state index in [0.29, 0.717) is 5.92 Å². The summed E-state index contributed by atoms with van der Waals surface area (Å²) >= 11 is 1.49. The van der Waals surface area contributed by atoms with E-state index in [0.717, 1.165) is 12.1 Å². The number of hydrogen-bond acceptors (Lipinski definition) is 5. The van der Waals surface area contributed by atoms with Gasteiger partial charge in [-0.05, 0) is 59.6 Å². The van der Waals surface area contributed by atoms with Gasteiger partial charge >= 0.3 is 0 Å². The van der Waals surface area contributed by atoms with Gasteiger partial charge in [-0.25, -0.2) is 0 Å². The molecule has 5 heteroatoms. The molecule has 2 rings (SSSR count). The molecule has 0 aromatic carbocycles. The Bertz CT molecular complexity index is 428. The first-order chi connectivity index (χ1) is 8.27. The molecule has 1 aliphatic heterocycles. The molecular formula is C13H23N3OS. The van der Waals surface area contributed by atoms with Gasteiger partial charge in [0, 0.05) is 5.92 Å². The zero-order valence-corrected chi connectivity index (χ0v) is 12.9. The van der Waals surface area contributed by atoms with Crippen LogP contribution in [0.4, 0.5) is 0 Å². The lowest BCUT2D eigenvalue weighted by Gasteiger charge is -2.32. The van der Waals surface area contributed by atoms with Crippen molar-refractivity contribution >= 4 is 11.5 Å². The highest BCUT2D eigenvalue weighted by Crippen LogP contribution is 2.48. The third-order valence-electron chi connectivity index (χ3n) is 3.83. The normalized spacial score (nSPS) is 27.3. The number of aryl methyl sites for hydroxylation is 1. The molecule has 1 aromatic rings. The van der Waals surface area contributed by atoms with Crippen LogP contribution in [0.1, 0.15) is 50.7 Å². The highest BCUT2D eigenvalue weighted by molar-refractivity contribution is 7.05. The van der Waals surface area contributed by atoms with E-state index in [9.17, 15) is 0 Å². The number of aromatic nitrogens is 2. The Labute approximate surface area is 113 Å². The zero-order valence-electron chi connectivity index (χ0n) is 12.1. The number of ether oxygens (including phenoxy) is 1. The van der Waals surface area contributed by atoms with Crippen molar-refractivity contribution in [2.45, 2.75) is 58.3 Å². The molecule has 0 amide bonds. The summed E-state index contributed by atoms with van der Waals surface area (Å²) in [7, 11) is 2.01. The molecule has 2 atom stereocenters. The third kappa shape index (κ3) is 2.44. The van der Waals surface area contributed by atoms with E-state index < -0.39 is 0 Å². The second kappa shape index (κ2) is 4.54. The molecule has 1 fully saturated rings. The molecule has 4 nitrogen and oxygen atoms in total. The van der Waals surface area contributed by atoms with Crippen molar-refractivity contribution in [1.29, 1.82) is 0 Å². The van der Waals surface area contributed by atoms with Crippen LogP contribution in [0.2, 0.25) is 0 Å². The third-order valence-corrected chi connectivity index (χ3v) is 4.74. The molecule has 1 aromatic heterocycles. The monoisotopic (exact) mass is 269 g/mol. The molecule has 2 unspecified atom stereocenters. The molecule has 1 aliphatic rings. The predicted molar refractivity (Wildman–Crippen MR) is 73.8 cm³/mol. The Balaban J connectivity index is 2.32. The highest BCUT2D eigenvalue weighted by Gasteiger charge is 2.49. The van der Waals surface area contributed by atoms with Crippen molar-refractivity contribution in [2.24, 2.45) is 5.92 Å². The maximum absolute atomic E-state index is 6.19. The summed E-state index contributed by atoms with van der Waals surface area (Å²) in [5.41, 5.74) is 0.836. The highest BCUT2D eigenvalue weighted by atomic mass is 32.1. The first-order valence-electron chi connectivity index (χ1n) is 6.43. The Morgan fingerprint density at radius 1 is 1.39 bits per heavy atom. The van der Waals surface area contributed by atoms with Crippen molar-refractivity contribution in [3.63, 3.8) is 0 Å². The summed E-state index contributed by atoms with van der Waals surface area (Å²) in [6, 6.07) is 0.266. The van der Waals surface area contributed by atoms with Gasteiger partial charge in [0.25, 0.3) is 0 Å². The van der Waals surface area contributed by atoms with Gasteiger partial charge in [-0.3, -0.25) is 0 Å². The molecule has 0 bridgehead atoms. The van der Waals surface area contributed by atoms with Crippen LogP contribution in [-0.2, 0) is 4.74 Å². The van der Waals surface area contributed by atoms with Gasteiger partial charge in [0.2, 0.25) is 0 Å². The molecule has 0 saturated carbocycles. The van der Waals surface area contributed by atoms with Gasteiger partial charge in [0.15, 0.2) is 0 Å². The van der Waals surface area contributed by atoms with Gasteiger partial charge < -0.3 is 10.1 Å². The second-order valence-electron chi connectivity index (χ2n) is 6.26. The molecule has 1 N–H and O–H groups in total. The quantitative estimate of drug-likeness (QED) is 0.916. The van der Waals surface area contributed by atoms with Crippen molar-refractivity contribution in [2.75, 3.05) is 7.05 Å². The van der Waals surface area contributed by atoms with Crippen molar-refractivity contribution in [3.05, 3.63) is 10.6 Å². The van der Waals surface area contributed by atoms with E-state index in [2.05, 4.69) is 42.6 Å². The van der Waals surface area contributed by atoms with Gasteiger partial charge in [0.1, 0.15) is 0 Å². The number of hydrogen-bond donors (Lipinski definition) is 1. The fraction of sp³-hybridized carbons (Fsp3) is 0.846.